The van der Waals surface area contributed by atoms with Crippen molar-refractivity contribution in [2.24, 2.45) is 0 Å². The standard InChI is InChI=1S/C12H25NO2S/c1-16-8-7-13-9-11(14)10-15-12-5-3-2-4-6-12/h11-14H,2-10H2,1H3. The third-order valence-corrected chi connectivity index (χ3v) is 3.55. The molecule has 1 saturated carbocycles. The van der Waals surface area contributed by atoms with Crippen LogP contribution in [0, 0.1) is 0 Å². The normalized spacial score (nSPS) is 19.9. The van der Waals surface area contributed by atoms with Crippen molar-refractivity contribution in [3.8, 4) is 0 Å². The van der Waals surface area contributed by atoms with Crippen LogP contribution in [-0.4, -0.2) is 49.0 Å². The summed E-state index contributed by atoms with van der Waals surface area (Å²) in [6.45, 7) is 2.09. The molecule has 2 N–H and O–H groups in total. The van der Waals surface area contributed by atoms with Crippen molar-refractivity contribution >= 4 is 11.8 Å². The Morgan fingerprint density at radius 3 is 2.81 bits per heavy atom. The van der Waals surface area contributed by atoms with Gasteiger partial charge in [0.15, 0.2) is 0 Å². The number of aliphatic hydroxyl groups excluding tert-OH is 1. The predicted molar refractivity (Wildman–Crippen MR) is 70.1 cm³/mol. The van der Waals surface area contributed by atoms with E-state index in [9.17, 15) is 5.11 Å². The van der Waals surface area contributed by atoms with Crippen LogP contribution in [0.4, 0.5) is 0 Å². The van der Waals surface area contributed by atoms with Gasteiger partial charge in [-0.25, -0.2) is 0 Å². The SMILES string of the molecule is CSCCNCC(O)COC1CCCCC1. The first-order valence-corrected chi connectivity index (χ1v) is 7.71. The Labute approximate surface area is 103 Å². The van der Waals surface area contributed by atoms with Crippen LogP contribution in [0.3, 0.4) is 0 Å². The Hall–Kier alpha value is 0.230. The fraction of sp³-hybridized carbons (Fsp3) is 1.00. The third-order valence-electron chi connectivity index (χ3n) is 2.94. The van der Waals surface area contributed by atoms with Crippen LogP contribution >= 0.6 is 11.8 Å². The molecule has 0 aliphatic heterocycles. The highest BCUT2D eigenvalue weighted by atomic mass is 32.2. The molecule has 1 unspecified atom stereocenters. The van der Waals surface area contributed by atoms with Crippen molar-refractivity contribution in [1.29, 1.82) is 0 Å². The summed E-state index contributed by atoms with van der Waals surface area (Å²) in [4.78, 5) is 0. The van der Waals surface area contributed by atoms with Crippen molar-refractivity contribution in [3.05, 3.63) is 0 Å². The Bertz CT molecular complexity index is 163. The molecule has 1 fully saturated rings. The lowest BCUT2D eigenvalue weighted by Gasteiger charge is -2.23. The largest absolute Gasteiger partial charge is 0.389 e. The smallest absolute Gasteiger partial charge is 0.0897 e. The average Bonchev–Trinajstić information content (AvgIpc) is 2.33. The molecule has 1 rings (SSSR count). The first-order valence-electron chi connectivity index (χ1n) is 6.32. The zero-order valence-electron chi connectivity index (χ0n) is 10.3. The van der Waals surface area contributed by atoms with Crippen LogP contribution in [0.2, 0.25) is 0 Å². The number of nitrogens with one attached hydrogen (secondary N) is 1. The summed E-state index contributed by atoms with van der Waals surface area (Å²) in [6.07, 6.45) is 8.39. The van der Waals surface area contributed by atoms with E-state index in [-0.39, 0.29) is 6.10 Å². The van der Waals surface area contributed by atoms with E-state index < -0.39 is 0 Å². The zero-order chi connectivity index (χ0) is 11.6. The molecule has 0 amide bonds. The molecule has 0 heterocycles. The maximum atomic E-state index is 9.68. The van der Waals surface area contributed by atoms with E-state index in [4.69, 9.17) is 4.74 Å². The van der Waals surface area contributed by atoms with E-state index in [0.29, 0.717) is 19.3 Å². The second kappa shape index (κ2) is 9.28. The van der Waals surface area contributed by atoms with E-state index in [1.165, 1.54) is 32.1 Å². The quantitative estimate of drug-likeness (QED) is 0.640. The van der Waals surface area contributed by atoms with Gasteiger partial charge in [-0.05, 0) is 19.1 Å². The molecule has 96 valence electrons. The molecule has 0 aromatic rings. The molecule has 1 aliphatic rings. The Morgan fingerprint density at radius 2 is 2.12 bits per heavy atom. The van der Waals surface area contributed by atoms with Gasteiger partial charge in [-0.15, -0.1) is 0 Å². The fourth-order valence-corrected chi connectivity index (χ4v) is 2.33. The molecule has 1 aliphatic carbocycles. The molecular weight excluding hydrogens is 222 g/mol. The van der Waals surface area contributed by atoms with E-state index in [0.717, 1.165) is 12.3 Å². The summed E-state index contributed by atoms with van der Waals surface area (Å²) in [7, 11) is 0. The van der Waals surface area contributed by atoms with Crippen LogP contribution in [-0.2, 0) is 4.74 Å². The van der Waals surface area contributed by atoms with Crippen molar-refractivity contribution in [1.82, 2.24) is 5.32 Å². The van der Waals surface area contributed by atoms with Crippen LogP contribution in [0.15, 0.2) is 0 Å². The van der Waals surface area contributed by atoms with Gasteiger partial charge in [0.05, 0.1) is 18.8 Å². The number of hydrogen-bond donors (Lipinski definition) is 2. The second-order valence-corrected chi connectivity index (χ2v) is 5.43. The van der Waals surface area contributed by atoms with Crippen molar-refractivity contribution in [3.63, 3.8) is 0 Å². The Kier molecular flexibility index (Phi) is 8.29. The molecule has 0 spiro atoms. The van der Waals surface area contributed by atoms with Gasteiger partial charge < -0.3 is 15.2 Å². The average molecular weight is 247 g/mol. The predicted octanol–water partition coefficient (Wildman–Crippen LogP) is 1.65. The number of hydrogen-bond acceptors (Lipinski definition) is 4. The highest BCUT2D eigenvalue weighted by Gasteiger charge is 2.15. The van der Waals surface area contributed by atoms with Gasteiger partial charge in [0, 0.05) is 18.8 Å². The molecular formula is C12H25NO2S. The monoisotopic (exact) mass is 247 g/mol. The van der Waals surface area contributed by atoms with Gasteiger partial charge in [0.2, 0.25) is 0 Å². The zero-order valence-corrected chi connectivity index (χ0v) is 11.1. The lowest BCUT2D eigenvalue weighted by molar-refractivity contribution is -0.0227. The lowest BCUT2D eigenvalue weighted by atomic mass is 9.98. The molecule has 3 nitrogen and oxygen atoms in total. The maximum Gasteiger partial charge on any atom is 0.0897 e. The summed E-state index contributed by atoms with van der Waals surface area (Å²) in [5.74, 6) is 1.09. The minimum Gasteiger partial charge on any atom is -0.389 e. The van der Waals surface area contributed by atoms with Crippen LogP contribution in [0.25, 0.3) is 0 Å². The lowest BCUT2D eigenvalue weighted by Crippen LogP contribution is -2.33. The molecule has 0 aromatic carbocycles. The van der Waals surface area contributed by atoms with Crippen LogP contribution in [0.1, 0.15) is 32.1 Å². The summed E-state index contributed by atoms with van der Waals surface area (Å²) >= 11 is 1.81. The van der Waals surface area contributed by atoms with Crippen LogP contribution < -0.4 is 5.32 Å². The summed E-state index contributed by atoms with van der Waals surface area (Å²) in [5, 5.41) is 12.9. The van der Waals surface area contributed by atoms with Gasteiger partial charge >= 0.3 is 0 Å². The molecule has 0 saturated heterocycles. The highest BCUT2D eigenvalue weighted by Crippen LogP contribution is 2.20. The van der Waals surface area contributed by atoms with Crippen molar-refractivity contribution in [2.45, 2.75) is 44.3 Å². The Morgan fingerprint density at radius 1 is 1.38 bits per heavy atom. The molecule has 0 radical (unpaired) electrons. The summed E-state index contributed by atoms with van der Waals surface area (Å²) in [6, 6.07) is 0. The molecule has 0 aromatic heterocycles. The van der Waals surface area contributed by atoms with E-state index in [1.54, 1.807) is 0 Å². The van der Waals surface area contributed by atoms with Crippen molar-refractivity contribution < 1.29 is 9.84 Å². The van der Waals surface area contributed by atoms with E-state index >= 15 is 0 Å². The minimum atomic E-state index is -0.358. The fourth-order valence-electron chi connectivity index (χ4n) is 1.98. The van der Waals surface area contributed by atoms with Crippen LogP contribution in [0.5, 0.6) is 0 Å². The number of rotatable bonds is 8. The van der Waals surface area contributed by atoms with E-state index in [1.807, 2.05) is 11.8 Å². The van der Waals surface area contributed by atoms with Gasteiger partial charge in [-0.1, -0.05) is 19.3 Å². The topological polar surface area (TPSA) is 41.5 Å². The van der Waals surface area contributed by atoms with Gasteiger partial charge in [-0.2, -0.15) is 11.8 Å². The van der Waals surface area contributed by atoms with Gasteiger partial charge in [0.1, 0.15) is 0 Å². The van der Waals surface area contributed by atoms with E-state index in [2.05, 4.69) is 11.6 Å². The van der Waals surface area contributed by atoms with Gasteiger partial charge in [-0.3, -0.25) is 0 Å². The van der Waals surface area contributed by atoms with Crippen molar-refractivity contribution in [2.75, 3.05) is 31.7 Å². The summed E-state index contributed by atoms with van der Waals surface area (Å²) in [5.41, 5.74) is 0. The first kappa shape index (κ1) is 14.3. The molecule has 1 atom stereocenters. The minimum absolute atomic E-state index is 0.358. The summed E-state index contributed by atoms with van der Waals surface area (Å²) < 4.78 is 5.71. The number of thioether (sulfide) groups is 1. The van der Waals surface area contributed by atoms with Gasteiger partial charge in [0.25, 0.3) is 0 Å². The highest BCUT2D eigenvalue weighted by molar-refractivity contribution is 7.98. The molecule has 16 heavy (non-hydrogen) atoms. The maximum absolute atomic E-state index is 9.68. The number of aliphatic hydroxyl groups is 1. The second-order valence-electron chi connectivity index (χ2n) is 4.44. The molecule has 0 bridgehead atoms. The molecule has 4 heteroatoms. The number of ether oxygens (including phenoxy) is 1. The Balaban J connectivity index is 1.94. The third kappa shape index (κ3) is 6.74. The first-order chi connectivity index (χ1) is 7.83.